The van der Waals surface area contributed by atoms with Gasteiger partial charge in [-0.3, -0.25) is 0 Å². The molecule has 1 aromatic rings. The molecule has 0 nitrogen and oxygen atoms in total. The number of benzene rings is 1. The molecule has 1 radical (unpaired) electrons. The van der Waals surface area contributed by atoms with E-state index in [0.717, 1.165) is 10.9 Å². The Kier molecular flexibility index (Phi) is 2.29. The summed E-state index contributed by atoms with van der Waals surface area (Å²) >= 11 is 3.32. The van der Waals surface area contributed by atoms with Gasteiger partial charge in [-0.15, -0.1) is 0 Å². The maximum Gasteiger partial charge on any atom is 0.0254 e. The Morgan fingerprint density at radius 3 is 2.78 bits per heavy atom. The third kappa shape index (κ3) is 1.83. The molecule has 1 heteroatoms. The van der Waals surface area contributed by atoms with Crippen molar-refractivity contribution >= 4 is 15.9 Å². The van der Waals surface area contributed by atoms with Crippen LogP contribution in [0.15, 0.2) is 22.7 Å². The molecule has 0 heterocycles. The van der Waals surface area contributed by atoms with E-state index in [-0.39, 0.29) is 0 Å². The minimum atomic E-state index is 1.03. The lowest BCUT2D eigenvalue weighted by Crippen LogP contribution is -1.76. The first kappa shape index (κ1) is 6.81. The van der Waals surface area contributed by atoms with E-state index in [1.807, 2.05) is 12.1 Å². The van der Waals surface area contributed by atoms with Gasteiger partial charge in [0.1, 0.15) is 0 Å². The minimum Gasteiger partial charge on any atom is -0.0613 e. The molecule has 0 amide bonds. The predicted octanol–water partition coefficient (Wildman–Crippen LogP) is 2.81. The largest absolute Gasteiger partial charge is 0.0613 e. The van der Waals surface area contributed by atoms with Crippen LogP contribution in [0.4, 0.5) is 0 Å². The molecule has 0 aliphatic rings. The van der Waals surface area contributed by atoms with E-state index in [4.69, 9.17) is 0 Å². The van der Waals surface area contributed by atoms with Gasteiger partial charge < -0.3 is 0 Å². The first-order valence-corrected chi connectivity index (χ1v) is 3.78. The van der Waals surface area contributed by atoms with Crippen LogP contribution < -0.4 is 0 Å². The van der Waals surface area contributed by atoms with Crippen LogP contribution in [-0.4, -0.2) is 0 Å². The highest BCUT2D eigenvalue weighted by Gasteiger charge is 1.86. The second kappa shape index (κ2) is 3.02. The van der Waals surface area contributed by atoms with Crippen LogP contribution in [0.1, 0.15) is 12.5 Å². The van der Waals surface area contributed by atoms with Crippen molar-refractivity contribution in [3.63, 3.8) is 0 Å². The minimum absolute atomic E-state index is 1.03. The first-order chi connectivity index (χ1) is 4.33. The van der Waals surface area contributed by atoms with Crippen molar-refractivity contribution < 1.29 is 0 Å². The predicted molar refractivity (Wildman–Crippen MR) is 42.4 cm³/mol. The number of hydrogen-bond donors (Lipinski definition) is 0. The maximum absolute atomic E-state index is 3.32. The van der Waals surface area contributed by atoms with Crippen molar-refractivity contribution in [1.82, 2.24) is 0 Å². The van der Waals surface area contributed by atoms with Crippen molar-refractivity contribution in [3.8, 4) is 0 Å². The molecule has 0 atom stereocenters. The lowest BCUT2D eigenvalue weighted by molar-refractivity contribution is 1.14. The summed E-state index contributed by atoms with van der Waals surface area (Å²) in [6, 6.07) is 9.18. The molecule has 0 fully saturated rings. The van der Waals surface area contributed by atoms with Crippen LogP contribution in [0.25, 0.3) is 0 Å². The van der Waals surface area contributed by atoms with Gasteiger partial charge in [-0.05, 0) is 30.2 Å². The number of halogens is 1. The molecule has 9 heavy (non-hydrogen) atoms. The van der Waals surface area contributed by atoms with Crippen LogP contribution in [0, 0.1) is 6.07 Å². The summed E-state index contributed by atoms with van der Waals surface area (Å²) in [5.41, 5.74) is 1.33. The van der Waals surface area contributed by atoms with Crippen LogP contribution in [0.3, 0.4) is 0 Å². The van der Waals surface area contributed by atoms with Crippen molar-refractivity contribution in [1.29, 1.82) is 0 Å². The summed E-state index contributed by atoms with van der Waals surface area (Å²) in [7, 11) is 0. The standard InChI is InChI=1S/C8H8Br/c1-2-7-3-5-8(9)6-4-7/h3-5H,2H2,1H3. The van der Waals surface area contributed by atoms with Gasteiger partial charge in [-0.2, -0.15) is 0 Å². The number of aryl methyl sites for hydroxylation is 1. The van der Waals surface area contributed by atoms with E-state index in [0.29, 0.717) is 0 Å². The molecule has 0 saturated carbocycles. The van der Waals surface area contributed by atoms with Crippen LogP contribution >= 0.6 is 15.9 Å². The fraction of sp³-hybridized carbons (Fsp3) is 0.250. The smallest absolute Gasteiger partial charge is 0.0254 e. The lowest BCUT2D eigenvalue weighted by atomic mass is 10.2. The molecule has 1 rings (SSSR count). The normalized spacial score (nSPS) is 9.56. The van der Waals surface area contributed by atoms with E-state index in [1.54, 1.807) is 0 Å². The highest BCUT2D eigenvalue weighted by atomic mass is 79.9. The Bertz CT molecular complexity index is 176. The summed E-state index contributed by atoms with van der Waals surface area (Å²) in [5, 5.41) is 0. The average molecular weight is 184 g/mol. The molecular weight excluding hydrogens is 176 g/mol. The van der Waals surface area contributed by atoms with E-state index in [1.165, 1.54) is 5.56 Å². The van der Waals surface area contributed by atoms with Gasteiger partial charge in [-0.1, -0.05) is 28.9 Å². The summed E-state index contributed by atoms with van der Waals surface area (Å²) < 4.78 is 1.03. The van der Waals surface area contributed by atoms with Crippen LogP contribution in [-0.2, 0) is 6.42 Å². The summed E-state index contributed by atoms with van der Waals surface area (Å²) in [5.74, 6) is 0. The molecule has 0 N–H and O–H groups in total. The molecule has 1 aromatic carbocycles. The zero-order chi connectivity index (χ0) is 6.69. The van der Waals surface area contributed by atoms with Gasteiger partial charge in [0.15, 0.2) is 0 Å². The summed E-state index contributed by atoms with van der Waals surface area (Å²) in [4.78, 5) is 0. The van der Waals surface area contributed by atoms with Crippen molar-refractivity contribution in [2.24, 2.45) is 0 Å². The number of rotatable bonds is 1. The first-order valence-electron chi connectivity index (χ1n) is 2.99. The quantitative estimate of drug-likeness (QED) is 0.629. The van der Waals surface area contributed by atoms with Crippen LogP contribution in [0.5, 0.6) is 0 Å². The molecule has 47 valence electrons. The summed E-state index contributed by atoms with van der Waals surface area (Å²) in [6.07, 6.45) is 1.09. The molecule has 0 unspecified atom stereocenters. The fourth-order valence-corrected chi connectivity index (χ4v) is 0.905. The van der Waals surface area contributed by atoms with Gasteiger partial charge in [0.25, 0.3) is 0 Å². The Morgan fingerprint density at radius 1 is 1.56 bits per heavy atom. The Hall–Kier alpha value is -0.300. The highest BCUT2D eigenvalue weighted by Crippen LogP contribution is 2.09. The van der Waals surface area contributed by atoms with Crippen LogP contribution in [0.2, 0.25) is 0 Å². The van der Waals surface area contributed by atoms with Crippen molar-refractivity contribution in [3.05, 3.63) is 34.3 Å². The second-order valence-corrected chi connectivity index (χ2v) is 2.75. The topological polar surface area (TPSA) is 0 Å². The molecule has 0 aliphatic heterocycles. The Balaban J connectivity index is 2.88. The monoisotopic (exact) mass is 183 g/mol. The van der Waals surface area contributed by atoms with Gasteiger partial charge in [0.2, 0.25) is 0 Å². The van der Waals surface area contributed by atoms with Gasteiger partial charge in [0.05, 0.1) is 0 Å². The highest BCUT2D eigenvalue weighted by molar-refractivity contribution is 9.10. The third-order valence-corrected chi connectivity index (χ3v) is 1.74. The Labute approximate surface area is 64.0 Å². The van der Waals surface area contributed by atoms with Crippen molar-refractivity contribution in [2.75, 3.05) is 0 Å². The van der Waals surface area contributed by atoms with E-state index in [9.17, 15) is 0 Å². The second-order valence-electron chi connectivity index (χ2n) is 1.90. The molecule has 0 bridgehead atoms. The molecule has 0 aliphatic carbocycles. The van der Waals surface area contributed by atoms with E-state index >= 15 is 0 Å². The van der Waals surface area contributed by atoms with Crippen molar-refractivity contribution in [2.45, 2.75) is 13.3 Å². The zero-order valence-corrected chi connectivity index (χ0v) is 6.90. The van der Waals surface area contributed by atoms with Gasteiger partial charge >= 0.3 is 0 Å². The van der Waals surface area contributed by atoms with Gasteiger partial charge in [0, 0.05) is 4.47 Å². The van der Waals surface area contributed by atoms with E-state index in [2.05, 4.69) is 35.0 Å². The average Bonchev–Trinajstić information content (AvgIpc) is 1.90. The molecule has 0 saturated heterocycles. The summed E-state index contributed by atoms with van der Waals surface area (Å²) in [6.45, 7) is 2.14. The Morgan fingerprint density at radius 2 is 2.33 bits per heavy atom. The zero-order valence-electron chi connectivity index (χ0n) is 5.32. The fourth-order valence-electron chi connectivity index (χ4n) is 0.658. The molecule has 0 spiro atoms. The van der Waals surface area contributed by atoms with E-state index < -0.39 is 0 Å². The maximum atomic E-state index is 3.32. The van der Waals surface area contributed by atoms with Gasteiger partial charge in [-0.25, -0.2) is 0 Å². The molecule has 0 aromatic heterocycles. The number of hydrogen-bond acceptors (Lipinski definition) is 0. The molecular formula is C8H8Br. The third-order valence-electron chi connectivity index (χ3n) is 1.25. The lowest BCUT2D eigenvalue weighted by Gasteiger charge is -1.92. The SMILES string of the molecule is CCc1c[c]c(Br)cc1.